The summed E-state index contributed by atoms with van der Waals surface area (Å²) in [5.74, 6) is -1.15. The monoisotopic (exact) mass is 191 g/mol. The minimum Gasteiger partial charge on any atom is -0.478 e. The summed E-state index contributed by atoms with van der Waals surface area (Å²) in [6, 6.07) is 1.93. The molecule has 6 heteroatoms. The van der Waals surface area contributed by atoms with E-state index in [1.165, 1.54) is 12.1 Å². The van der Waals surface area contributed by atoms with Crippen molar-refractivity contribution in [3.05, 3.63) is 28.4 Å². The Morgan fingerprint density at radius 1 is 1.29 bits per heavy atom. The molecule has 0 atom stereocenters. The van der Waals surface area contributed by atoms with Gasteiger partial charge in [0, 0.05) is 5.69 Å². The Kier molecular flexibility index (Phi) is 1.57. The summed E-state index contributed by atoms with van der Waals surface area (Å²) in [5, 5.41) is 9.29. The van der Waals surface area contributed by atoms with Crippen LogP contribution in [0.3, 0.4) is 0 Å². The van der Waals surface area contributed by atoms with Gasteiger partial charge >= 0.3 is 12.0 Å². The molecule has 1 heterocycles. The summed E-state index contributed by atoms with van der Waals surface area (Å²) in [4.78, 5) is 28.5. The number of carboxylic acids is 1. The smallest absolute Gasteiger partial charge is 0.368 e. The fraction of sp³-hybridized carbons (Fsp3) is 0. The van der Waals surface area contributed by atoms with Gasteiger partial charge < -0.3 is 10.8 Å². The molecular weight excluding hydrogens is 186 g/mol. The van der Waals surface area contributed by atoms with Crippen LogP contribution in [0.15, 0.2) is 22.1 Å². The number of nitrogen functional groups attached to an aromatic ring is 1. The van der Waals surface area contributed by atoms with Gasteiger partial charge in [0.15, 0.2) is 0 Å². The average Bonchev–Trinajstić information content (AvgIpc) is 2.42. The Bertz CT molecular complexity index is 562. The maximum atomic E-state index is 10.8. The lowest BCUT2D eigenvalue weighted by molar-refractivity contribution is 0.0698. The summed E-state index contributed by atoms with van der Waals surface area (Å²) >= 11 is 0. The van der Waals surface area contributed by atoms with Crippen molar-refractivity contribution in [2.45, 2.75) is 0 Å². The van der Waals surface area contributed by atoms with Gasteiger partial charge in [0.1, 0.15) is 0 Å². The SMILES string of the molecule is Nc1cc2c(cc1C(=O)O)=NC(=O)N=2. The number of amides is 2. The molecule has 1 aromatic carbocycles. The van der Waals surface area contributed by atoms with Gasteiger partial charge in [-0.2, -0.15) is 9.98 Å². The second-order valence-corrected chi connectivity index (χ2v) is 2.74. The first-order chi connectivity index (χ1) is 6.58. The predicted molar refractivity (Wildman–Crippen MR) is 45.5 cm³/mol. The number of carboxylic acid groups (broad SMARTS) is 1. The van der Waals surface area contributed by atoms with E-state index in [1.54, 1.807) is 0 Å². The molecular formula is C8H5N3O3. The van der Waals surface area contributed by atoms with Crippen molar-refractivity contribution < 1.29 is 14.7 Å². The minimum atomic E-state index is -1.15. The highest BCUT2D eigenvalue weighted by molar-refractivity contribution is 5.93. The fourth-order valence-electron chi connectivity index (χ4n) is 1.19. The number of fused-ring (bicyclic) bond motifs is 1. The lowest BCUT2D eigenvalue weighted by Gasteiger charge is -1.97. The molecule has 0 spiro atoms. The van der Waals surface area contributed by atoms with Gasteiger partial charge in [-0.15, -0.1) is 0 Å². The Morgan fingerprint density at radius 3 is 2.43 bits per heavy atom. The van der Waals surface area contributed by atoms with Gasteiger partial charge in [0.2, 0.25) is 0 Å². The molecule has 0 fully saturated rings. The maximum absolute atomic E-state index is 10.8. The molecule has 1 aromatic rings. The number of anilines is 1. The molecule has 0 saturated heterocycles. The molecule has 1 aliphatic rings. The molecule has 0 aromatic heterocycles. The van der Waals surface area contributed by atoms with Crippen molar-refractivity contribution in [2.75, 3.05) is 5.73 Å². The van der Waals surface area contributed by atoms with E-state index in [4.69, 9.17) is 10.8 Å². The minimum absolute atomic E-state index is 0.0719. The molecule has 3 N–H and O–H groups in total. The van der Waals surface area contributed by atoms with Gasteiger partial charge in [-0.05, 0) is 12.1 Å². The maximum Gasteiger partial charge on any atom is 0.368 e. The number of nitrogens with two attached hydrogens (primary N) is 1. The van der Waals surface area contributed by atoms with Crippen LogP contribution in [-0.4, -0.2) is 17.1 Å². The van der Waals surface area contributed by atoms with Gasteiger partial charge in [-0.1, -0.05) is 0 Å². The highest BCUT2D eigenvalue weighted by Crippen LogP contribution is 2.05. The van der Waals surface area contributed by atoms with Gasteiger partial charge in [-0.3, -0.25) is 0 Å². The van der Waals surface area contributed by atoms with Crippen molar-refractivity contribution in [1.29, 1.82) is 0 Å². The summed E-state index contributed by atoms with van der Waals surface area (Å²) < 4.78 is 0. The number of hydrogen-bond donors (Lipinski definition) is 2. The number of rotatable bonds is 1. The zero-order valence-electron chi connectivity index (χ0n) is 6.89. The highest BCUT2D eigenvalue weighted by Gasteiger charge is 2.12. The highest BCUT2D eigenvalue weighted by atomic mass is 16.4. The number of urea groups is 1. The first-order valence-corrected chi connectivity index (χ1v) is 3.72. The fourth-order valence-corrected chi connectivity index (χ4v) is 1.19. The molecule has 1 aliphatic heterocycles. The molecule has 14 heavy (non-hydrogen) atoms. The predicted octanol–water partition coefficient (Wildman–Crippen LogP) is -0.660. The van der Waals surface area contributed by atoms with Gasteiger partial charge in [0.25, 0.3) is 0 Å². The molecule has 2 amide bonds. The van der Waals surface area contributed by atoms with Crippen molar-refractivity contribution in [2.24, 2.45) is 9.98 Å². The van der Waals surface area contributed by atoms with E-state index in [-0.39, 0.29) is 16.6 Å². The zero-order chi connectivity index (χ0) is 10.3. The number of carbonyl (C=O) groups is 2. The third kappa shape index (κ3) is 1.13. The standard InChI is InChI=1S/C8H5N3O3/c9-4-2-6-5(10-8(14)11-6)1-3(4)7(12)13/h1-2H,9H2,(H,12,13). The number of benzene rings is 1. The summed E-state index contributed by atoms with van der Waals surface area (Å²) in [6.07, 6.45) is 0. The van der Waals surface area contributed by atoms with Gasteiger partial charge in [0.05, 0.1) is 16.3 Å². The van der Waals surface area contributed by atoms with Crippen LogP contribution in [0.25, 0.3) is 0 Å². The topological polar surface area (TPSA) is 105 Å². The molecule has 0 unspecified atom stereocenters. The Balaban J connectivity index is 2.81. The number of nitrogens with zero attached hydrogens (tertiary/aromatic N) is 2. The summed E-state index contributed by atoms with van der Waals surface area (Å²) in [5.41, 5.74) is 5.45. The van der Waals surface area contributed by atoms with E-state index < -0.39 is 12.0 Å². The van der Waals surface area contributed by atoms with Crippen LogP contribution in [0.4, 0.5) is 10.5 Å². The van der Waals surface area contributed by atoms with Gasteiger partial charge in [-0.25, -0.2) is 9.59 Å². The molecule has 70 valence electrons. The normalized spacial score (nSPS) is 13.0. The quantitative estimate of drug-likeness (QED) is 0.574. The van der Waals surface area contributed by atoms with Crippen LogP contribution in [0.2, 0.25) is 0 Å². The van der Waals surface area contributed by atoms with Crippen LogP contribution in [0.1, 0.15) is 10.4 Å². The molecule has 6 nitrogen and oxygen atoms in total. The first-order valence-electron chi connectivity index (χ1n) is 3.72. The number of carbonyl (C=O) groups excluding carboxylic acids is 1. The van der Waals surface area contributed by atoms with Crippen LogP contribution in [0, 0.1) is 0 Å². The third-order valence-corrected chi connectivity index (χ3v) is 1.81. The second-order valence-electron chi connectivity index (χ2n) is 2.74. The van der Waals surface area contributed by atoms with Crippen molar-refractivity contribution in [1.82, 2.24) is 0 Å². The van der Waals surface area contributed by atoms with E-state index in [9.17, 15) is 9.59 Å². The largest absolute Gasteiger partial charge is 0.478 e. The van der Waals surface area contributed by atoms with Crippen molar-refractivity contribution in [3.63, 3.8) is 0 Å². The lowest BCUT2D eigenvalue weighted by atomic mass is 10.1. The van der Waals surface area contributed by atoms with E-state index in [0.717, 1.165) is 0 Å². The van der Waals surface area contributed by atoms with Crippen LogP contribution < -0.4 is 16.4 Å². The lowest BCUT2D eigenvalue weighted by Crippen LogP contribution is -2.24. The number of hydrogen-bond acceptors (Lipinski definition) is 3. The second kappa shape index (κ2) is 2.63. The molecule has 0 aliphatic carbocycles. The van der Waals surface area contributed by atoms with E-state index in [0.29, 0.717) is 5.36 Å². The summed E-state index contributed by atoms with van der Waals surface area (Å²) in [6.45, 7) is 0. The van der Waals surface area contributed by atoms with Crippen LogP contribution in [-0.2, 0) is 0 Å². The molecule has 0 saturated carbocycles. The molecule has 0 bridgehead atoms. The Labute approximate surface area is 77.4 Å². The molecule has 2 rings (SSSR count). The number of aromatic carboxylic acids is 1. The summed E-state index contributed by atoms with van der Waals surface area (Å²) in [7, 11) is 0. The van der Waals surface area contributed by atoms with Crippen molar-refractivity contribution in [3.8, 4) is 0 Å². The Hall–Kier alpha value is -2.24. The molecule has 0 radical (unpaired) electrons. The van der Waals surface area contributed by atoms with Crippen molar-refractivity contribution >= 4 is 17.7 Å². The van der Waals surface area contributed by atoms with E-state index in [2.05, 4.69) is 9.98 Å². The third-order valence-electron chi connectivity index (χ3n) is 1.81. The Morgan fingerprint density at radius 2 is 1.86 bits per heavy atom. The van der Waals surface area contributed by atoms with E-state index in [1.807, 2.05) is 0 Å². The van der Waals surface area contributed by atoms with E-state index >= 15 is 0 Å². The average molecular weight is 191 g/mol. The first kappa shape index (κ1) is 8.36. The van der Waals surface area contributed by atoms with Crippen LogP contribution >= 0.6 is 0 Å². The zero-order valence-corrected chi connectivity index (χ0v) is 6.89. The van der Waals surface area contributed by atoms with Crippen LogP contribution in [0.5, 0.6) is 0 Å².